The molecule has 4 nitrogen and oxygen atoms in total. The number of rotatable bonds is 11. The number of carbonyl (C=O) groups is 1. The molecule has 0 amide bonds. The highest BCUT2D eigenvalue weighted by molar-refractivity contribution is 5.67. The van der Waals surface area contributed by atoms with Gasteiger partial charge in [-0.15, -0.1) is 0 Å². The zero-order valence-corrected chi connectivity index (χ0v) is 17.3. The van der Waals surface area contributed by atoms with Gasteiger partial charge in [0.1, 0.15) is 11.7 Å². The number of hydrogen-bond donors (Lipinski definition) is 1. The standard InChI is InChI=1S/C22H38O4/c1-6-11-12-17(7-2)13-18(8-3)15-22(10-5)16-19(9-4)20(25-26-22)14-21(23)24/h11-12,15,17,19-20H,6-10,13-14,16H2,1-5H3,(H,23,24)/t17?,19-,20+,22-/m1/s1. The van der Waals surface area contributed by atoms with Gasteiger partial charge in [-0.1, -0.05) is 64.8 Å². The minimum atomic E-state index is -0.834. The van der Waals surface area contributed by atoms with Crippen molar-refractivity contribution in [3.63, 3.8) is 0 Å². The molecule has 1 aliphatic rings. The summed E-state index contributed by atoms with van der Waals surface area (Å²) in [6.07, 6.45) is 13.3. The minimum absolute atomic E-state index is 0.00235. The van der Waals surface area contributed by atoms with Crippen molar-refractivity contribution in [2.45, 2.75) is 97.7 Å². The van der Waals surface area contributed by atoms with Crippen LogP contribution in [0, 0.1) is 11.8 Å². The van der Waals surface area contributed by atoms with Crippen LogP contribution in [0.1, 0.15) is 86.0 Å². The first-order valence-electron chi connectivity index (χ1n) is 10.4. The highest BCUT2D eigenvalue weighted by Gasteiger charge is 2.41. The quantitative estimate of drug-likeness (QED) is 0.356. The van der Waals surface area contributed by atoms with E-state index in [1.54, 1.807) is 0 Å². The Morgan fingerprint density at radius 1 is 1.27 bits per heavy atom. The maximum Gasteiger partial charge on any atom is 0.306 e. The van der Waals surface area contributed by atoms with Gasteiger partial charge >= 0.3 is 5.97 Å². The molecular formula is C22H38O4. The van der Waals surface area contributed by atoms with Gasteiger partial charge in [0, 0.05) is 0 Å². The molecule has 0 saturated carbocycles. The number of hydrogen-bond acceptors (Lipinski definition) is 3. The Hall–Kier alpha value is -1.13. The molecule has 1 aliphatic heterocycles. The lowest BCUT2D eigenvalue weighted by atomic mass is 9.80. The summed E-state index contributed by atoms with van der Waals surface area (Å²) < 4.78 is 0. The lowest BCUT2D eigenvalue weighted by Gasteiger charge is -2.41. The van der Waals surface area contributed by atoms with E-state index in [0.717, 1.165) is 44.9 Å². The SMILES string of the molecule is CCC=CC(CC)CC(=C[C@]1(CC)C[C@@H](CC)[C@H](CC(=O)O)OO1)CC. The van der Waals surface area contributed by atoms with E-state index in [9.17, 15) is 4.79 Å². The van der Waals surface area contributed by atoms with E-state index in [1.165, 1.54) is 5.57 Å². The zero-order chi connectivity index (χ0) is 19.6. The molecule has 0 aromatic rings. The normalized spacial score (nSPS) is 28.4. The molecule has 26 heavy (non-hydrogen) atoms. The second kappa shape index (κ2) is 11.6. The Morgan fingerprint density at radius 2 is 2.00 bits per heavy atom. The molecule has 0 aromatic carbocycles. The van der Waals surface area contributed by atoms with Crippen LogP contribution in [-0.2, 0) is 14.6 Å². The maximum atomic E-state index is 11.1. The number of carboxylic acid groups (broad SMARTS) is 1. The number of carboxylic acids is 1. The molecule has 4 atom stereocenters. The monoisotopic (exact) mass is 366 g/mol. The first kappa shape index (κ1) is 22.9. The highest BCUT2D eigenvalue weighted by atomic mass is 17.2. The predicted molar refractivity (Wildman–Crippen MR) is 106 cm³/mol. The lowest BCUT2D eigenvalue weighted by Crippen LogP contribution is -2.44. The number of aliphatic carboxylic acids is 1. The van der Waals surface area contributed by atoms with Gasteiger partial charge in [0.05, 0.1) is 6.42 Å². The van der Waals surface area contributed by atoms with Crippen LogP contribution in [0.25, 0.3) is 0 Å². The fraction of sp³-hybridized carbons (Fsp3) is 0.773. The Balaban J connectivity index is 2.94. The van der Waals surface area contributed by atoms with Gasteiger partial charge in [0.25, 0.3) is 0 Å². The van der Waals surface area contributed by atoms with E-state index in [-0.39, 0.29) is 18.4 Å². The third kappa shape index (κ3) is 6.88. The largest absolute Gasteiger partial charge is 0.481 e. The van der Waals surface area contributed by atoms with Crippen LogP contribution in [0.3, 0.4) is 0 Å². The van der Waals surface area contributed by atoms with Gasteiger partial charge in [-0.25, -0.2) is 9.78 Å². The fourth-order valence-electron chi connectivity index (χ4n) is 3.70. The second-order valence-corrected chi connectivity index (χ2v) is 7.47. The average molecular weight is 367 g/mol. The average Bonchev–Trinajstić information content (AvgIpc) is 2.65. The van der Waals surface area contributed by atoms with Crippen LogP contribution in [0.15, 0.2) is 23.8 Å². The maximum absolute atomic E-state index is 11.1. The molecule has 1 saturated heterocycles. The molecule has 1 N–H and O–H groups in total. The van der Waals surface area contributed by atoms with Crippen molar-refractivity contribution in [1.29, 1.82) is 0 Å². The van der Waals surface area contributed by atoms with Crippen molar-refractivity contribution in [1.82, 2.24) is 0 Å². The summed E-state index contributed by atoms with van der Waals surface area (Å²) in [7, 11) is 0. The minimum Gasteiger partial charge on any atom is -0.481 e. The van der Waals surface area contributed by atoms with Crippen molar-refractivity contribution in [3.05, 3.63) is 23.8 Å². The van der Waals surface area contributed by atoms with Crippen molar-refractivity contribution < 1.29 is 19.7 Å². The fourth-order valence-corrected chi connectivity index (χ4v) is 3.70. The van der Waals surface area contributed by atoms with E-state index in [1.807, 2.05) is 0 Å². The van der Waals surface area contributed by atoms with Crippen molar-refractivity contribution in [2.24, 2.45) is 11.8 Å². The van der Waals surface area contributed by atoms with Crippen molar-refractivity contribution >= 4 is 5.97 Å². The summed E-state index contributed by atoms with van der Waals surface area (Å²) in [5, 5.41) is 9.09. The van der Waals surface area contributed by atoms with Gasteiger partial charge in [0.15, 0.2) is 0 Å². The van der Waals surface area contributed by atoms with Gasteiger partial charge < -0.3 is 5.11 Å². The van der Waals surface area contributed by atoms with Crippen LogP contribution in [0.2, 0.25) is 0 Å². The van der Waals surface area contributed by atoms with Crippen LogP contribution < -0.4 is 0 Å². The molecule has 0 aromatic heterocycles. The Kier molecular flexibility index (Phi) is 10.2. The lowest BCUT2D eigenvalue weighted by molar-refractivity contribution is -0.409. The molecule has 1 fully saturated rings. The molecule has 0 aliphatic carbocycles. The molecule has 1 rings (SSSR count). The first-order chi connectivity index (χ1) is 12.4. The zero-order valence-electron chi connectivity index (χ0n) is 17.3. The topological polar surface area (TPSA) is 55.8 Å². The van der Waals surface area contributed by atoms with Gasteiger partial charge in [-0.05, 0) is 50.4 Å². The molecule has 4 heteroatoms. The molecule has 0 spiro atoms. The van der Waals surface area contributed by atoms with E-state index >= 15 is 0 Å². The first-order valence-corrected chi connectivity index (χ1v) is 10.4. The second-order valence-electron chi connectivity index (χ2n) is 7.47. The van der Waals surface area contributed by atoms with Gasteiger partial charge in [-0.3, -0.25) is 4.79 Å². The Labute approximate surface area is 159 Å². The van der Waals surface area contributed by atoms with E-state index in [0.29, 0.717) is 5.92 Å². The highest BCUT2D eigenvalue weighted by Crippen LogP contribution is 2.39. The molecule has 0 radical (unpaired) electrons. The summed E-state index contributed by atoms with van der Waals surface area (Å²) in [5.41, 5.74) is 0.961. The summed E-state index contributed by atoms with van der Waals surface area (Å²) in [4.78, 5) is 22.5. The summed E-state index contributed by atoms with van der Waals surface area (Å²) in [5.74, 6) is -0.0725. The Bertz CT molecular complexity index is 483. The third-order valence-electron chi connectivity index (χ3n) is 5.58. The van der Waals surface area contributed by atoms with Crippen LogP contribution in [0.5, 0.6) is 0 Å². The van der Waals surface area contributed by atoms with Crippen LogP contribution >= 0.6 is 0 Å². The summed E-state index contributed by atoms with van der Waals surface area (Å²) >= 11 is 0. The molecular weight excluding hydrogens is 328 g/mol. The van der Waals surface area contributed by atoms with E-state index in [2.05, 4.69) is 52.8 Å². The van der Waals surface area contributed by atoms with E-state index < -0.39 is 11.6 Å². The summed E-state index contributed by atoms with van der Waals surface area (Å²) in [6.45, 7) is 10.8. The van der Waals surface area contributed by atoms with Gasteiger partial charge in [-0.2, -0.15) is 0 Å². The summed E-state index contributed by atoms with van der Waals surface area (Å²) in [6, 6.07) is 0. The van der Waals surface area contributed by atoms with Crippen LogP contribution in [0.4, 0.5) is 0 Å². The number of allylic oxidation sites excluding steroid dienone is 3. The molecule has 1 heterocycles. The van der Waals surface area contributed by atoms with E-state index in [4.69, 9.17) is 14.9 Å². The van der Waals surface area contributed by atoms with Crippen molar-refractivity contribution in [3.8, 4) is 0 Å². The Morgan fingerprint density at radius 3 is 2.50 bits per heavy atom. The molecule has 0 bridgehead atoms. The smallest absolute Gasteiger partial charge is 0.306 e. The molecule has 1 unspecified atom stereocenters. The predicted octanol–water partition coefficient (Wildman–Crippen LogP) is 6.08. The van der Waals surface area contributed by atoms with Crippen molar-refractivity contribution in [2.75, 3.05) is 0 Å². The molecule has 150 valence electrons. The third-order valence-corrected chi connectivity index (χ3v) is 5.58. The van der Waals surface area contributed by atoms with Crippen LogP contribution in [-0.4, -0.2) is 22.8 Å². The van der Waals surface area contributed by atoms with Gasteiger partial charge in [0.2, 0.25) is 0 Å².